The summed E-state index contributed by atoms with van der Waals surface area (Å²) in [7, 11) is 2.94. The zero-order valence-corrected chi connectivity index (χ0v) is 14.2. The van der Waals surface area contributed by atoms with E-state index in [0.717, 1.165) is 12.8 Å². The largest absolute Gasteiger partial charge is 0.375 e. The highest BCUT2D eigenvalue weighted by molar-refractivity contribution is 5.97. The summed E-state index contributed by atoms with van der Waals surface area (Å²) in [5.74, 6) is -0.584. The molecule has 128 valence electrons. The van der Waals surface area contributed by atoms with Gasteiger partial charge in [-0.1, -0.05) is 13.8 Å². The van der Waals surface area contributed by atoms with E-state index in [4.69, 9.17) is 4.74 Å². The van der Waals surface area contributed by atoms with Gasteiger partial charge in [0.05, 0.1) is 5.56 Å². The molecular formula is C16H25N3O4. The third-order valence-electron chi connectivity index (χ3n) is 3.25. The van der Waals surface area contributed by atoms with Crippen molar-refractivity contribution in [1.82, 2.24) is 9.47 Å². The van der Waals surface area contributed by atoms with Crippen molar-refractivity contribution in [3.8, 4) is 0 Å². The van der Waals surface area contributed by atoms with Gasteiger partial charge in [0.25, 0.3) is 11.5 Å². The van der Waals surface area contributed by atoms with Gasteiger partial charge in [0.2, 0.25) is 5.91 Å². The van der Waals surface area contributed by atoms with E-state index in [-0.39, 0.29) is 23.8 Å². The number of rotatable bonds is 8. The molecule has 0 atom stereocenters. The SMILES string of the molecule is CCCN(CCC)C(=O)c1cc(NC(=O)COC)c(=O)n(C)c1. The Morgan fingerprint density at radius 3 is 2.39 bits per heavy atom. The molecule has 0 saturated carbocycles. The van der Waals surface area contributed by atoms with Gasteiger partial charge >= 0.3 is 0 Å². The topological polar surface area (TPSA) is 80.6 Å². The lowest BCUT2D eigenvalue weighted by atomic mass is 10.2. The van der Waals surface area contributed by atoms with Crippen LogP contribution in [0.4, 0.5) is 5.69 Å². The first-order chi connectivity index (χ1) is 10.9. The number of methoxy groups -OCH3 is 1. The molecule has 1 aromatic heterocycles. The van der Waals surface area contributed by atoms with Crippen LogP contribution in [0.25, 0.3) is 0 Å². The zero-order valence-electron chi connectivity index (χ0n) is 14.2. The molecule has 1 aromatic rings. The van der Waals surface area contributed by atoms with Crippen LogP contribution >= 0.6 is 0 Å². The van der Waals surface area contributed by atoms with Crippen molar-refractivity contribution in [2.45, 2.75) is 26.7 Å². The molecule has 0 saturated heterocycles. The Bertz CT molecular complexity index is 604. The minimum Gasteiger partial charge on any atom is -0.375 e. The highest BCUT2D eigenvalue weighted by atomic mass is 16.5. The Kier molecular flexibility index (Phi) is 7.47. The van der Waals surface area contributed by atoms with Gasteiger partial charge in [-0.05, 0) is 18.9 Å². The van der Waals surface area contributed by atoms with Gasteiger partial charge in [0, 0.05) is 33.4 Å². The Morgan fingerprint density at radius 2 is 1.87 bits per heavy atom. The minimum atomic E-state index is -0.437. The molecule has 1 N–H and O–H groups in total. The van der Waals surface area contributed by atoms with Crippen molar-refractivity contribution in [3.63, 3.8) is 0 Å². The third-order valence-corrected chi connectivity index (χ3v) is 3.25. The number of nitrogens with zero attached hydrogens (tertiary/aromatic N) is 2. The van der Waals surface area contributed by atoms with E-state index >= 15 is 0 Å². The van der Waals surface area contributed by atoms with Gasteiger partial charge in [-0.25, -0.2) is 0 Å². The first kappa shape index (κ1) is 18.9. The highest BCUT2D eigenvalue weighted by Crippen LogP contribution is 2.10. The molecule has 0 radical (unpaired) electrons. The lowest BCUT2D eigenvalue weighted by molar-refractivity contribution is -0.119. The number of aryl methyl sites for hydroxylation is 1. The average molecular weight is 323 g/mol. The Hall–Kier alpha value is -2.15. The molecular weight excluding hydrogens is 298 g/mol. The van der Waals surface area contributed by atoms with Gasteiger partial charge in [-0.15, -0.1) is 0 Å². The lowest BCUT2D eigenvalue weighted by Gasteiger charge is -2.22. The number of nitrogens with one attached hydrogen (secondary N) is 1. The zero-order chi connectivity index (χ0) is 17.4. The monoisotopic (exact) mass is 323 g/mol. The number of anilines is 1. The molecule has 7 nitrogen and oxygen atoms in total. The summed E-state index contributed by atoms with van der Waals surface area (Å²) in [6, 6.07) is 1.43. The van der Waals surface area contributed by atoms with Crippen LogP contribution in [-0.2, 0) is 16.6 Å². The molecule has 23 heavy (non-hydrogen) atoms. The maximum atomic E-state index is 12.6. The van der Waals surface area contributed by atoms with Crippen molar-refractivity contribution >= 4 is 17.5 Å². The predicted octanol–water partition coefficient (Wildman–Crippen LogP) is 1.23. The van der Waals surface area contributed by atoms with Crippen molar-refractivity contribution in [2.75, 3.05) is 32.1 Å². The Balaban J connectivity index is 3.12. The van der Waals surface area contributed by atoms with Gasteiger partial charge in [0.15, 0.2) is 0 Å². The van der Waals surface area contributed by atoms with Crippen LogP contribution in [0.3, 0.4) is 0 Å². The molecule has 0 aliphatic rings. The third kappa shape index (κ3) is 5.21. The molecule has 7 heteroatoms. The van der Waals surface area contributed by atoms with Crippen LogP contribution in [0.15, 0.2) is 17.1 Å². The fourth-order valence-electron chi connectivity index (χ4n) is 2.27. The molecule has 0 aliphatic carbocycles. The number of aromatic nitrogens is 1. The number of carbonyl (C=O) groups is 2. The number of amides is 2. The van der Waals surface area contributed by atoms with E-state index in [0.29, 0.717) is 18.7 Å². The van der Waals surface area contributed by atoms with Crippen LogP contribution < -0.4 is 10.9 Å². The molecule has 2 amide bonds. The number of hydrogen-bond acceptors (Lipinski definition) is 4. The van der Waals surface area contributed by atoms with Gasteiger partial charge in [-0.2, -0.15) is 0 Å². The van der Waals surface area contributed by atoms with Crippen molar-refractivity contribution in [3.05, 3.63) is 28.2 Å². The standard InChI is InChI=1S/C16H25N3O4/c1-5-7-19(8-6-2)15(21)12-9-13(16(22)18(3)10-12)17-14(20)11-23-4/h9-10H,5-8,11H2,1-4H3,(H,17,20). The summed E-state index contributed by atoms with van der Waals surface area (Å²) in [6.07, 6.45) is 3.21. The first-order valence-electron chi connectivity index (χ1n) is 7.73. The normalized spacial score (nSPS) is 10.4. The van der Waals surface area contributed by atoms with Crippen molar-refractivity contribution < 1.29 is 14.3 Å². The Labute approximate surface area is 136 Å². The van der Waals surface area contributed by atoms with Gasteiger partial charge < -0.3 is 19.5 Å². The summed E-state index contributed by atoms with van der Waals surface area (Å²) in [4.78, 5) is 38.1. The van der Waals surface area contributed by atoms with Crippen LogP contribution in [0.1, 0.15) is 37.0 Å². The second-order valence-corrected chi connectivity index (χ2v) is 5.33. The fraction of sp³-hybridized carbons (Fsp3) is 0.562. The van der Waals surface area contributed by atoms with Crippen molar-refractivity contribution in [1.29, 1.82) is 0 Å². The first-order valence-corrected chi connectivity index (χ1v) is 7.73. The van der Waals surface area contributed by atoms with Crippen molar-refractivity contribution in [2.24, 2.45) is 7.05 Å². The average Bonchev–Trinajstić information content (AvgIpc) is 2.51. The fourth-order valence-corrected chi connectivity index (χ4v) is 2.27. The molecule has 0 fully saturated rings. The quantitative estimate of drug-likeness (QED) is 0.780. The number of pyridine rings is 1. The summed E-state index contributed by atoms with van der Waals surface area (Å²) in [6.45, 7) is 5.17. The predicted molar refractivity (Wildman–Crippen MR) is 88.7 cm³/mol. The molecule has 1 heterocycles. The second kappa shape index (κ2) is 9.09. The van der Waals surface area contributed by atoms with Crippen LogP contribution in [0.2, 0.25) is 0 Å². The summed E-state index contributed by atoms with van der Waals surface area (Å²) in [5.41, 5.74) is 0.0820. The molecule has 0 unspecified atom stereocenters. The molecule has 0 aliphatic heterocycles. The van der Waals surface area contributed by atoms with Crippen LogP contribution in [0.5, 0.6) is 0 Å². The molecule has 0 aromatic carbocycles. The van der Waals surface area contributed by atoms with E-state index in [2.05, 4.69) is 5.32 Å². The smallest absolute Gasteiger partial charge is 0.274 e. The maximum absolute atomic E-state index is 12.6. The number of hydrogen-bond donors (Lipinski definition) is 1. The van der Waals surface area contributed by atoms with Gasteiger partial charge in [-0.3, -0.25) is 14.4 Å². The number of carbonyl (C=O) groups excluding carboxylic acids is 2. The number of ether oxygens (including phenoxy) is 1. The molecule has 0 spiro atoms. The summed E-state index contributed by atoms with van der Waals surface area (Å²) in [5, 5.41) is 2.48. The van der Waals surface area contributed by atoms with Crippen LogP contribution in [0, 0.1) is 0 Å². The second-order valence-electron chi connectivity index (χ2n) is 5.33. The van der Waals surface area contributed by atoms with E-state index in [9.17, 15) is 14.4 Å². The van der Waals surface area contributed by atoms with E-state index < -0.39 is 5.91 Å². The van der Waals surface area contributed by atoms with Gasteiger partial charge in [0.1, 0.15) is 12.3 Å². The highest BCUT2D eigenvalue weighted by Gasteiger charge is 2.17. The van der Waals surface area contributed by atoms with E-state index in [1.807, 2.05) is 13.8 Å². The summed E-state index contributed by atoms with van der Waals surface area (Å²) >= 11 is 0. The lowest BCUT2D eigenvalue weighted by Crippen LogP contribution is -2.34. The van der Waals surface area contributed by atoms with E-state index in [1.54, 1.807) is 11.9 Å². The maximum Gasteiger partial charge on any atom is 0.274 e. The molecule has 0 bridgehead atoms. The van der Waals surface area contributed by atoms with Crippen LogP contribution in [-0.4, -0.2) is 48.1 Å². The van der Waals surface area contributed by atoms with E-state index in [1.165, 1.54) is 23.9 Å². The molecule has 1 rings (SSSR count). The summed E-state index contributed by atoms with van der Waals surface area (Å²) < 4.78 is 6.03. The minimum absolute atomic E-state index is 0.0772. The Morgan fingerprint density at radius 1 is 1.26 bits per heavy atom.